The van der Waals surface area contributed by atoms with Crippen molar-refractivity contribution in [2.45, 2.75) is 39.2 Å². The lowest BCUT2D eigenvalue weighted by molar-refractivity contribution is 0.0880. The van der Waals surface area contributed by atoms with Gasteiger partial charge in [0.1, 0.15) is 0 Å². The van der Waals surface area contributed by atoms with Crippen molar-refractivity contribution in [1.82, 2.24) is 5.32 Å². The Morgan fingerprint density at radius 1 is 1.46 bits per heavy atom. The molecule has 0 aromatic heterocycles. The lowest BCUT2D eigenvalue weighted by atomic mass is 10.2. The van der Waals surface area contributed by atoms with Crippen molar-refractivity contribution in [2.24, 2.45) is 0 Å². The molecule has 1 unspecified atom stereocenters. The van der Waals surface area contributed by atoms with E-state index in [9.17, 15) is 0 Å². The minimum absolute atomic E-state index is 0.291. The number of unbranched alkanes of at least 4 members (excludes halogenated alkanes) is 2. The average Bonchev–Trinajstić information content (AvgIpc) is 2.14. The maximum Gasteiger partial charge on any atom is 0.0675 e. The van der Waals surface area contributed by atoms with E-state index >= 15 is 0 Å². The highest BCUT2D eigenvalue weighted by atomic mass is 16.5. The first kappa shape index (κ1) is 12.7. The second-order valence-electron chi connectivity index (χ2n) is 3.34. The SMILES string of the molecule is C=CCOC(C)CNCCCCC. The van der Waals surface area contributed by atoms with Crippen LogP contribution in [0.25, 0.3) is 0 Å². The molecule has 2 heteroatoms. The highest BCUT2D eigenvalue weighted by Crippen LogP contribution is 1.92. The van der Waals surface area contributed by atoms with Crippen LogP contribution < -0.4 is 5.32 Å². The summed E-state index contributed by atoms with van der Waals surface area (Å²) in [5.41, 5.74) is 0. The van der Waals surface area contributed by atoms with Gasteiger partial charge in [0.25, 0.3) is 0 Å². The monoisotopic (exact) mass is 185 g/mol. The first-order valence-electron chi connectivity index (χ1n) is 5.24. The van der Waals surface area contributed by atoms with Gasteiger partial charge in [0.05, 0.1) is 12.7 Å². The third-order valence-corrected chi connectivity index (χ3v) is 1.89. The number of ether oxygens (including phenoxy) is 1. The molecule has 0 radical (unpaired) electrons. The molecule has 0 saturated carbocycles. The van der Waals surface area contributed by atoms with E-state index in [1.807, 2.05) is 0 Å². The van der Waals surface area contributed by atoms with E-state index in [1.165, 1.54) is 19.3 Å². The molecule has 0 aromatic carbocycles. The van der Waals surface area contributed by atoms with Gasteiger partial charge in [0.2, 0.25) is 0 Å². The standard InChI is InChI=1S/C11H23NO/c1-4-6-7-8-12-10-11(3)13-9-5-2/h5,11-12H,2,4,6-10H2,1,3H3. The van der Waals surface area contributed by atoms with Crippen molar-refractivity contribution >= 4 is 0 Å². The highest BCUT2D eigenvalue weighted by molar-refractivity contribution is 4.66. The molecule has 0 aliphatic heterocycles. The van der Waals surface area contributed by atoms with E-state index in [-0.39, 0.29) is 0 Å². The van der Waals surface area contributed by atoms with Gasteiger partial charge in [-0.05, 0) is 19.9 Å². The first-order chi connectivity index (χ1) is 6.31. The summed E-state index contributed by atoms with van der Waals surface area (Å²) in [7, 11) is 0. The molecule has 2 nitrogen and oxygen atoms in total. The normalized spacial score (nSPS) is 12.8. The topological polar surface area (TPSA) is 21.3 Å². The Morgan fingerprint density at radius 3 is 2.85 bits per heavy atom. The van der Waals surface area contributed by atoms with E-state index < -0.39 is 0 Å². The summed E-state index contributed by atoms with van der Waals surface area (Å²) in [6.07, 6.45) is 5.94. The highest BCUT2D eigenvalue weighted by Gasteiger charge is 1.98. The number of hydrogen-bond donors (Lipinski definition) is 1. The molecule has 0 aliphatic carbocycles. The van der Waals surface area contributed by atoms with Crippen molar-refractivity contribution in [3.8, 4) is 0 Å². The second kappa shape index (κ2) is 9.75. The van der Waals surface area contributed by atoms with Crippen LogP contribution in [-0.2, 0) is 4.74 Å². The Bertz CT molecular complexity index is 115. The van der Waals surface area contributed by atoms with E-state index in [4.69, 9.17) is 4.74 Å². The summed E-state index contributed by atoms with van der Waals surface area (Å²) in [6.45, 7) is 10.6. The van der Waals surface area contributed by atoms with Gasteiger partial charge in [-0.25, -0.2) is 0 Å². The smallest absolute Gasteiger partial charge is 0.0675 e. The zero-order chi connectivity index (χ0) is 9.94. The van der Waals surface area contributed by atoms with Crippen molar-refractivity contribution < 1.29 is 4.74 Å². The molecule has 0 aromatic rings. The third kappa shape index (κ3) is 9.57. The zero-order valence-electron chi connectivity index (χ0n) is 9.01. The summed E-state index contributed by atoms with van der Waals surface area (Å²) in [5.74, 6) is 0. The molecule has 1 N–H and O–H groups in total. The molecule has 1 atom stereocenters. The molecule has 0 heterocycles. The summed E-state index contributed by atoms with van der Waals surface area (Å²) in [5, 5.41) is 3.37. The third-order valence-electron chi connectivity index (χ3n) is 1.89. The number of nitrogens with one attached hydrogen (secondary N) is 1. The summed E-state index contributed by atoms with van der Waals surface area (Å²) in [4.78, 5) is 0. The molecule has 0 fully saturated rings. The molecule has 78 valence electrons. The fourth-order valence-electron chi connectivity index (χ4n) is 1.10. The largest absolute Gasteiger partial charge is 0.373 e. The van der Waals surface area contributed by atoms with Crippen LogP contribution in [0.5, 0.6) is 0 Å². The number of rotatable bonds is 9. The Labute approximate surface area is 82.4 Å². The van der Waals surface area contributed by atoms with Gasteiger partial charge in [-0.2, -0.15) is 0 Å². The predicted molar refractivity (Wildman–Crippen MR) is 58.0 cm³/mol. The van der Waals surface area contributed by atoms with Crippen molar-refractivity contribution in [3.63, 3.8) is 0 Å². The molecule has 0 spiro atoms. The van der Waals surface area contributed by atoms with Crippen LogP contribution in [0.1, 0.15) is 33.1 Å². The molecular weight excluding hydrogens is 162 g/mol. The zero-order valence-corrected chi connectivity index (χ0v) is 9.01. The van der Waals surface area contributed by atoms with Crippen LogP contribution in [0.15, 0.2) is 12.7 Å². The van der Waals surface area contributed by atoms with Gasteiger partial charge in [-0.3, -0.25) is 0 Å². The molecule has 13 heavy (non-hydrogen) atoms. The molecule has 0 rings (SSSR count). The van der Waals surface area contributed by atoms with Crippen molar-refractivity contribution in [3.05, 3.63) is 12.7 Å². The lowest BCUT2D eigenvalue weighted by Crippen LogP contribution is -2.27. The van der Waals surface area contributed by atoms with E-state index in [0.717, 1.165) is 13.1 Å². The van der Waals surface area contributed by atoms with Gasteiger partial charge >= 0.3 is 0 Å². The van der Waals surface area contributed by atoms with Gasteiger partial charge in [-0.1, -0.05) is 25.8 Å². The van der Waals surface area contributed by atoms with Crippen LogP contribution in [0, 0.1) is 0 Å². The molecule has 0 saturated heterocycles. The fraction of sp³-hybridized carbons (Fsp3) is 0.818. The molecular formula is C11H23NO. The summed E-state index contributed by atoms with van der Waals surface area (Å²) in [6, 6.07) is 0. The molecule has 0 aliphatic rings. The summed E-state index contributed by atoms with van der Waals surface area (Å²) >= 11 is 0. The van der Waals surface area contributed by atoms with Crippen LogP contribution in [-0.4, -0.2) is 25.8 Å². The quantitative estimate of drug-likeness (QED) is 0.440. The minimum Gasteiger partial charge on any atom is -0.373 e. The van der Waals surface area contributed by atoms with Crippen molar-refractivity contribution in [2.75, 3.05) is 19.7 Å². The average molecular weight is 185 g/mol. The van der Waals surface area contributed by atoms with Crippen LogP contribution in [0.2, 0.25) is 0 Å². The lowest BCUT2D eigenvalue weighted by Gasteiger charge is -2.12. The van der Waals surface area contributed by atoms with Gasteiger partial charge in [0, 0.05) is 6.54 Å². The molecule has 0 amide bonds. The first-order valence-corrected chi connectivity index (χ1v) is 5.24. The number of hydrogen-bond acceptors (Lipinski definition) is 2. The Hall–Kier alpha value is -0.340. The van der Waals surface area contributed by atoms with Crippen LogP contribution in [0.3, 0.4) is 0 Å². The van der Waals surface area contributed by atoms with E-state index in [0.29, 0.717) is 12.7 Å². The van der Waals surface area contributed by atoms with Gasteiger partial charge in [0.15, 0.2) is 0 Å². The molecule has 0 bridgehead atoms. The second-order valence-corrected chi connectivity index (χ2v) is 3.34. The van der Waals surface area contributed by atoms with Crippen LogP contribution in [0.4, 0.5) is 0 Å². The van der Waals surface area contributed by atoms with E-state index in [2.05, 4.69) is 25.7 Å². The maximum absolute atomic E-state index is 5.42. The van der Waals surface area contributed by atoms with Gasteiger partial charge < -0.3 is 10.1 Å². The minimum atomic E-state index is 0.291. The van der Waals surface area contributed by atoms with Crippen LogP contribution >= 0.6 is 0 Å². The Balaban J connectivity index is 3.07. The maximum atomic E-state index is 5.42. The summed E-state index contributed by atoms with van der Waals surface area (Å²) < 4.78 is 5.42. The Kier molecular flexibility index (Phi) is 9.49. The van der Waals surface area contributed by atoms with Crippen molar-refractivity contribution in [1.29, 1.82) is 0 Å². The predicted octanol–water partition coefficient (Wildman–Crippen LogP) is 2.36. The van der Waals surface area contributed by atoms with E-state index in [1.54, 1.807) is 6.08 Å². The van der Waals surface area contributed by atoms with Gasteiger partial charge in [-0.15, -0.1) is 6.58 Å². The fourth-order valence-corrected chi connectivity index (χ4v) is 1.10. The Morgan fingerprint density at radius 2 is 2.23 bits per heavy atom.